The van der Waals surface area contributed by atoms with Crippen molar-refractivity contribution in [3.8, 4) is 0 Å². The molecule has 0 aliphatic rings. The van der Waals surface area contributed by atoms with E-state index < -0.39 is 32.5 Å². The molecule has 4 aromatic carbocycles. The van der Waals surface area contributed by atoms with Gasteiger partial charge in [-0.3, -0.25) is 13.8 Å². The first-order chi connectivity index (χ1) is 18.9. The number of carbonyl (C=O) groups excluding carboxylic acids is 1. The number of aryl methyl sites for hydroxylation is 1. The van der Waals surface area contributed by atoms with Crippen molar-refractivity contribution < 1.29 is 21.6 Å². The number of benzene rings is 4. The first kappa shape index (κ1) is 29.9. The fourth-order valence-corrected chi connectivity index (χ4v) is 6.89. The van der Waals surface area contributed by atoms with Crippen LogP contribution in [0.4, 0.5) is 17.1 Å². The molecule has 40 heavy (non-hydrogen) atoms. The third kappa shape index (κ3) is 6.97. The number of nitrogens with zero attached hydrogens (tertiary/aromatic N) is 1. The Balaban J connectivity index is 1.54. The zero-order valence-corrected chi connectivity index (χ0v) is 25.5. The standard InChI is InChI=1S/C27H22BrCl2N3O5S2/c1-18-8-12-23(13-9-18)40(37,38)33(21-5-2-4-19(28)16-21)17-26(34)31-20-10-14-22(15-11-20)39(35,36)32-25-7-3-6-24(29)27(25)30/h2-16,32H,17H2,1H3,(H,31,34). The Morgan fingerprint density at radius 2 is 1.48 bits per heavy atom. The molecule has 2 N–H and O–H groups in total. The van der Waals surface area contributed by atoms with Crippen molar-refractivity contribution in [2.75, 3.05) is 20.9 Å². The van der Waals surface area contributed by atoms with Crippen LogP contribution in [0, 0.1) is 6.92 Å². The highest BCUT2D eigenvalue weighted by atomic mass is 79.9. The van der Waals surface area contributed by atoms with Crippen molar-refractivity contribution in [1.29, 1.82) is 0 Å². The molecule has 4 aromatic rings. The van der Waals surface area contributed by atoms with Crippen LogP contribution in [0.5, 0.6) is 0 Å². The van der Waals surface area contributed by atoms with E-state index in [9.17, 15) is 21.6 Å². The second kappa shape index (κ2) is 12.2. The molecule has 0 unspecified atom stereocenters. The zero-order valence-electron chi connectivity index (χ0n) is 20.8. The minimum Gasteiger partial charge on any atom is -0.325 e. The maximum absolute atomic E-state index is 13.5. The fraction of sp³-hybridized carbons (Fsp3) is 0.0741. The van der Waals surface area contributed by atoms with Crippen molar-refractivity contribution in [3.63, 3.8) is 0 Å². The van der Waals surface area contributed by atoms with Crippen LogP contribution in [0.2, 0.25) is 10.0 Å². The molecular formula is C27H22BrCl2N3O5S2. The van der Waals surface area contributed by atoms with Gasteiger partial charge in [-0.2, -0.15) is 0 Å². The number of hydrogen-bond acceptors (Lipinski definition) is 5. The van der Waals surface area contributed by atoms with Crippen molar-refractivity contribution in [1.82, 2.24) is 0 Å². The molecule has 0 spiro atoms. The summed E-state index contributed by atoms with van der Waals surface area (Å²) in [6, 6.07) is 22.9. The van der Waals surface area contributed by atoms with Gasteiger partial charge in [0.1, 0.15) is 6.54 Å². The highest BCUT2D eigenvalue weighted by Crippen LogP contribution is 2.31. The van der Waals surface area contributed by atoms with E-state index in [4.69, 9.17) is 23.2 Å². The van der Waals surface area contributed by atoms with Gasteiger partial charge < -0.3 is 5.32 Å². The summed E-state index contributed by atoms with van der Waals surface area (Å²) in [4.78, 5) is 13.0. The Kier molecular flexibility index (Phi) is 9.11. The molecular weight excluding hydrogens is 661 g/mol. The van der Waals surface area contributed by atoms with Crippen molar-refractivity contribution >= 4 is 82.1 Å². The van der Waals surface area contributed by atoms with E-state index in [0.717, 1.165) is 9.87 Å². The highest BCUT2D eigenvalue weighted by molar-refractivity contribution is 9.10. The van der Waals surface area contributed by atoms with Crippen LogP contribution < -0.4 is 14.3 Å². The van der Waals surface area contributed by atoms with Gasteiger partial charge in [0.05, 0.1) is 31.2 Å². The van der Waals surface area contributed by atoms with Crippen LogP contribution in [0.15, 0.2) is 105 Å². The molecule has 4 rings (SSSR count). The van der Waals surface area contributed by atoms with Crippen LogP contribution in [-0.4, -0.2) is 29.3 Å². The average Bonchev–Trinajstić information content (AvgIpc) is 2.90. The number of hydrogen-bond donors (Lipinski definition) is 2. The number of sulfonamides is 2. The Morgan fingerprint density at radius 1 is 0.850 bits per heavy atom. The number of anilines is 3. The van der Waals surface area contributed by atoms with E-state index in [-0.39, 0.29) is 36.9 Å². The zero-order chi connectivity index (χ0) is 29.1. The van der Waals surface area contributed by atoms with Gasteiger partial charge in [-0.25, -0.2) is 16.8 Å². The lowest BCUT2D eigenvalue weighted by Gasteiger charge is -2.24. The smallest absolute Gasteiger partial charge is 0.264 e. The molecule has 0 radical (unpaired) electrons. The van der Waals surface area contributed by atoms with Crippen molar-refractivity contribution in [2.24, 2.45) is 0 Å². The lowest BCUT2D eigenvalue weighted by molar-refractivity contribution is -0.114. The number of nitrogens with one attached hydrogen (secondary N) is 2. The minimum absolute atomic E-state index is 0.0349. The maximum atomic E-state index is 13.5. The first-order valence-electron chi connectivity index (χ1n) is 11.6. The van der Waals surface area contributed by atoms with Crippen LogP contribution >= 0.6 is 39.1 Å². The first-order valence-corrected chi connectivity index (χ1v) is 16.1. The van der Waals surface area contributed by atoms with Gasteiger partial charge in [-0.05, 0) is 73.7 Å². The van der Waals surface area contributed by atoms with E-state index in [1.807, 2.05) is 6.92 Å². The lowest BCUT2D eigenvalue weighted by atomic mass is 10.2. The summed E-state index contributed by atoms with van der Waals surface area (Å²) in [5.74, 6) is -0.630. The number of carbonyl (C=O) groups is 1. The summed E-state index contributed by atoms with van der Waals surface area (Å²) in [6.07, 6.45) is 0. The largest absolute Gasteiger partial charge is 0.325 e. The molecule has 0 saturated carbocycles. The van der Waals surface area contributed by atoms with Gasteiger partial charge in [0.25, 0.3) is 20.0 Å². The Labute approximate surface area is 251 Å². The molecule has 13 heteroatoms. The maximum Gasteiger partial charge on any atom is 0.264 e. The van der Waals surface area contributed by atoms with Gasteiger partial charge in [-0.15, -0.1) is 0 Å². The van der Waals surface area contributed by atoms with E-state index in [2.05, 4.69) is 26.0 Å². The normalized spacial score (nSPS) is 11.6. The predicted octanol–water partition coefficient (Wildman–Crippen LogP) is 6.70. The average molecular weight is 683 g/mol. The van der Waals surface area contributed by atoms with Crippen LogP contribution in [0.3, 0.4) is 0 Å². The third-order valence-corrected chi connectivity index (χ3v) is 10.1. The summed E-state index contributed by atoms with van der Waals surface area (Å²) >= 11 is 15.4. The van der Waals surface area contributed by atoms with Gasteiger partial charge in [0.2, 0.25) is 5.91 Å². The van der Waals surface area contributed by atoms with Crippen molar-refractivity contribution in [2.45, 2.75) is 16.7 Å². The summed E-state index contributed by atoms with van der Waals surface area (Å²) in [7, 11) is -8.10. The van der Waals surface area contributed by atoms with E-state index in [1.54, 1.807) is 42.5 Å². The number of amides is 1. The molecule has 8 nitrogen and oxygen atoms in total. The summed E-state index contributed by atoms with van der Waals surface area (Å²) in [5, 5.41) is 2.88. The Morgan fingerprint density at radius 3 is 2.12 bits per heavy atom. The fourth-order valence-electron chi connectivity index (χ4n) is 3.62. The van der Waals surface area contributed by atoms with Crippen LogP contribution in [-0.2, 0) is 24.8 Å². The molecule has 1 amide bonds. The topological polar surface area (TPSA) is 113 Å². The molecule has 208 valence electrons. The summed E-state index contributed by atoms with van der Waals surface area (Å²) in [5.41, 5.74) is 1.57. The van der Waals surface area contributed by atoms with Crippen LogP contribution in [0.1, 0.15) is 5.56 Å². The quantitative estimate of drug-likeness (QED) is 0.204. The van der Waals surface area contributed by atoms with Crippen molar-refractivity contribution in [3.05, 3.63) is 111 Å². The monoisotopic (exact) mass is 681 g/mol. The second-order valence-electron chi connectivity index (χ2n) is 8.58. The highest BCUT2D eigenvalue weighted by Gasteiger charge is 2.27. The SMILES string of the molecule is Cc1ccc(S(=O)(=O)N(CC(=O)Nc2ccc(S(=O)(=O)Nc3cccc(Cl)c3Cl)cc2)c2cccc(Br)c2)cc1. The minimum atomic E-state index is -4.09. The molecule has 0 aromatic heterocycles. The van der Waals surface area contributed by atoms with Gasteiger partial charge >= 0.3 is 0 Å². The molecule has 0 atom stereocenters. The van der Waals surface area contributed by atoms with Gasteiger partial charge in [-0.1, -0.05) is 69.0 Å². The Bertz CT molecular complexity index is 1770. The predicted molar refractivity (Wildman–Crippen MR) is 162 cm³/mol. The summed E-state index contributed by atoms with van der Waals surface area (Å²) < 4.78 is 56.7. The second-order valence-corrected chi connectivity index (χ2v) is 13.8. The van der Waals surface area contributed by atoms with E-state index in [1.165, 1.54) is 48.5 Å². The molecule has 0 saturated heterocycles. The molecule has 0 fully saturated rings. The third-order valence-electron chi connectivity index (χ3n) is 5.64. The Hall–Kier alpha value is -3.09. The molecule has 0 aliphatic carbocycles. The molecule has 0 bridgehead atoms. The van der Waals surface area contributed by atoms with E-state index >= 15 is 0 Å². The van der Waals surface area contributed by atoms with Crippen LogP contribution in [0.25, 0.3) is 0 Å². The van der Waals surface area contributed by atoms with Gasteiger partial charge in [0.15, 0.2) is 0 Å². The lowest BCUT2D eigenvalue weighted by Crippen LogP contribution is -2.38. The number of halogens is 3. The molecule has 0 aliphatic heterocycles. The van der Waals surface area contributed by atoms with E-state index in [0.29, 0.717) is 4.47 Å². The number of rotatable bonds is 9. The molecule has 0 heterocycles. The van der Waals surface area contributed by atoms with Gasteiger partial charge in [0, 0.05) is 10.2 Å². The summed E-state index contributed by atoms with van der Waals surface area (Å²) in [6.45, 7) is 1.32.